The summed E-state index contributed by atoms with van der Waals surface area (Å²) in [7, 11) is 0. The number of rotatable bonds is 3. The Labute approximate surface area is 145 Å². The van der Waals surface area contributed by atoms with E-state index in [1.165, 1.54) is 6.07 Å². The molecule has 4 aromatic rings. The first-order valence-corrected chi connectivity index (χ1v) is 8.64. The van der Waals surface area contributed by atoms with Gasteiger partial charge in [-0.05, 0) is 35.0 Å². The standard InChI is InChI=1S/C22H15FS/c23-20-13-7-6-12-19(20)22-18-11-5-4-8-16(18)14-15-21(22)24-17-9-2-1-3-10-17/h1-15H. The first-order valence-electron chi connectivity index (χ1n) is 7.82. The molecule has 0 atom stereocenters. The summed E-state index contributed by atoms with van der Waals surface area (Å²) >= 11 is 1.67. The van der Waals surface area contributed by atoms with Crippen LogP contribution in [0.15, 0.2) is 101 Å². The molecule has 0 aromatic heterocycles. The maximum atomic E-state index is 14.5. The number of halogens is 1. The van der Waals surface area contributed by atoms with Gasteiger partial charge in [0.1, 0.15) is 5.82 Å². The van der Waals surface area contributed by atoms with Gasteiger partial charge in [-0.25, -0.2) is 4.39 Å². The van der Waals surface area contributed by atoms with Crippen LogP contribution in [0.4, 0.5) is 4.39 Å². The maximum Gasteiger partial charge on any atom is 0.131 e. The molecule has 0 aliphatic carbocycles. The molecule has 2 heteroatoms. The number of fused-ring (bicyclic) bond motifs is 1. The van der Waals surface area contributed by atoms with Crippen LogP contribution >= 0.6 is 11.8 Å². The van der Waals surface area contributed by atoms with Crippen LogP contribution in [0.3, 0.4) is 0 Å². The lowest BCUT2D eigenvalue weighted by Crippen LogP contribution is -1.89. The SMILES string of the molecule is Fc1ccccc1-c1c(Sc2ccccc2)ccc2ccccc12. The Morgan fingerprint density at radius 3 is 2.17 bits per heavy atom. The summed E-state index contributed by atoms with van der Waals surface area (Å²) < 4.78 is 14.5. The fourth-order valence-electron chi connectivity index (χ4n) is 2.89. The van der Waals surface area contributed by atoms with Crippen molar-refractivity contribution < 1.29 is 4.39 Å². The Bertz CT molecular complexity index is 993. The lowest BCUT2D eigenvalue weighted by Gasteiger charge is -2.14. The van der Waals surface area contributed by atoms with Crippen molar-refractivity contribution in [3.05, 3.63) is 96.8 Å². The summed E-state index contributed by atoms with van der Waals surface area (Å²) in [5, 5.41) is 2.19. The van der Waals surface area contributed by atoms with Gasteiger partial charge in [0.05, 0.1) is 0 Å². The monoisotopic (exact) mass is 330 g/mol. The molecular formula is C22H15FS. The van der Waals surface area contributed by atoms with E-state index >= 15 is 0 Å². The second kappa shape index (κ2) is 6.50. The largest absolute Gasteiger partial charge is 0.206 e. The minimum Gasteiger partial charge on any atom is -0.206 e. The molecule has 4 rings (SSSR count). The average molecular weight is 330 g/mol. The zero-order valence-corrected chi connectivity index (χ0v) is 13.8. The van der Waals surface area contributed by atoms with Gasteiger partial charge in [0, 0.05) is 20.9 Å². The van der Waals surface area contributed by atoms with E-state index in [1.54, 1.807) is 17.8 Å². The Morgan fingerprint density at radius 2 is 1.33 bits per heavy atom. The van der Waals surface area contributed by atoms with E-state index in [0.29, 0.717) is 5.56 Å². The van der Waals surface area contributed by atoms with Crippen LogP contribution in [0.1, 0.15) is 0 Å². The molecule has 0 saturated carbocycles. The fraction of sp³-hybridized carbons (Fsp3) is 0. The normalized spacial score (nSPS) is 10.9. The summed E-state index contributed by atoms with van der Waals surface area (Å²) in [4.78, 5) is 2.20. The Kier molecular flexibility index (Phi) is 4.06. The molecule has 116 valence electrons. The molecule has 0 N–H and O–H groups in total. The van der Waals surface area contributed by atoms with E-state index < -0.39 is 0 Å². The van der Waals surface area contributed by atoms with E-state index in [4.69, 9.17) is 0 Å². The van der Waals surface area contributed by atoms with Gasteiger partial charge in [-0.15, -0.1) is 0 Å². The second-order valence-corrected chi connectivity index (χ2v) is 6.67. The molecule has 0 heterocycles. The zero-order valence-electron chi connectivity index (χ0n) is 12.9. The summed E-state index contributed by atoms with van der Waals surface area (Å²) in [6.45, 7) is 0. The van der Waals surface area contributed by atoms with Crippen LogP contribution in [0.5, 0.6) is 0 Å². The first-order chi connectivity index (χ1) is 11.8. The molecule has 0 radical (unpaired) electrons. The van der Waals surface area contributed by atoms with Crippen molar-refractivity contribution in [1.82, 2.24) is 0 Å². The highest BCUT2D eigenvalue weighted by atomic mass is 32.2. The van der Waals surface area contributed by atoms with Crippen LogP contribution in [0, 0.1) is 5.82 Å². The van der Waals surface area contributed by atoms with Crippen LogP contribution in [0.2, 0.25) is 0 Å². The molecule has 24 heavy (non-hydrogen) atoms. The van der Waals surface area contributed by atoms with Gasteiger partial charge in [-0.2, -0.15) is 0 Å². The quantitative estimate of drug-likeness (QED) is 0.398. The van der Waals surface area contributed by atoms with Gasteiger partial charge in [-0.3, -0.25) is 0 Å². The van der Waals surface area contributed by atoms with Gasteiger partial charge in [0.15, 0.2) is 0 Å². The molecular weight excluding hydrogens is 315 g/mol. The first kappa shape index (κ1) is 15.0. The molecule has 0 aliphatic heterocycles. The third kappa shape index (κ3) is 2.81. The molecule has 0 aliphatic rings. The number of hydrogen-bond acceptors (Lipinski definition) is 1. The van der Waals surface area contributed by atoms with Crippen molar-refractivity contribution in [3.8, 4) is 11.1 Å². The molecule has 4 aromatic carbocycles. The Morgan fingerprint density at radius 1 is 0.625 bits per heavy atom. The molecule has 0 unspecified atom stereocenters. The van der Waals surface area contributed by atoms with Crippen molar-refractivity contribution in [3.63, 3.8) is 0 Å². The van der Waals surface area contributed by atoms with E-state index in [0.717, 1.165) is 26.1 Å². The van der Waals surface area contributed by atoms with Crippen LogP contribution in [0.25, 0.3) is 21.9 Å². The summed E-state index contributed by atoms with van der Waals surface area (Å²) in [6.07, 6.45) is 0. The van der Waals surface area contributed by atoms with Gasteiger partial charge in [-0.1, -0.05) is 78.5 Å². The highest BCUT2D eigenvalue weighted by molar-refractivity contribution is 7.99. The highest BCUT2D eigenvalue weighted by Gasteiger charge is 2.14. The van der Waals surface area contributed by atoms with E-state index in [9.17, 15) is 4.39 Å². The number of benzene rings is 4. The predicted octanol–water partition coefficient (Wildman–Crippen LogP) is 6.80. The summed E-state index contributed by atoms with van der Waals surface area (Å²) in [5.74, 6) is -0.191. The van der Waals surface area contributed by atoms with Crippen molar-refractivity contribution in [2.75, 3.05) is 0 Å². The molecule has 0 bridgehead atoms. The van der Waals surface area contributed by atoms with Crippen molar-refractivity contribution in [2.24, 2.45) is 0 Å². The minimum atomic E-state index is -0.191. The van der Waals surface area contributed by atoms with E-state index in [2.05, 4.69) is 36.4 Å². The fourth-order valence-corrected chi connectivity index (χ4v) is 3.90. The third-order valence-electron chi connectivity index (χ3n) is 4.01. The van der Waals surface area contributed by atoms with E-state index in [-0.39, 0.29) is 5.82 Å². The summed E-state index contributed by atoms with van der Waals surface area (Å²) in [6, 6.07) is 29.5. The predicted molar refractivity (Wildman–Crippen MR) is 99.9 cm³/mol. The van der Waals surface area contributed by atoms with Crippen LogP contribution in [-0.4, -0.2) is 0 Å². The lowest BCUT2D eigenvalue weighted by molar-refractivity contribution is 0.631. The van der Waals surface area contributed by atoms with Gasteiger partial charge < -0.3 is 0 Å². The molecule has 0 amide bonds. The molecule has 0 saturated heterocycles. The van der Waals surface area contributed by atoms with Gasteiger partial charge in [0.25, 0.3) is 0 Å². The van der Waals surface area contributed by atoms with Crippen molar-refractivity contribution >= 4 is 22.5 Å². The van der Waals surface area contributed by atoms with Crippen molar-refractivity contribution in [1.29, 1.82) is 0 Å². The Balaban J connectivity index is 1.97. The lowest BCUT2D eigenvalue weighted by atomic mass is 9.98. The number of hydrogen-bond donors (Lipinski definition) is 0. The zero-order chi connectivity index (χ0) is 16.4. The summed E-state index contributed by atoms with van der Waals surface area (Å²) in [5.41, 5.74) is 1.60. The third-order valence-corrected chi connectivity index (χ3v) is 5.07. The minimum absolute atomic E-state index is 0.191. The highest BCUT2D eigenvalue weighted by Crippen LogP contribution is 2.41. The van der Waals surface area contributed by atoms with Crippen molar-refractivity contribution in [2.45, 2.75) is 9.79 Å². The van der Waals surface area contributed by atoms with Crippen LogP contribution in [-0.2, 0) is 0 Å². The van der Waals surface area contributed by atoms with Crippen LogP contribution < -0.4 is 0 Å². The second-order valence-electron chi connectivity index (χ2n) is 5.55. The Hall–Kier alpha value is -2.58. The molecule has 0 spiro atoms. The smallest absolute Gasteiger partial charge is 0.131 e. The topological polar surface area (TPSA) is 0 Å². The molecule has 0 nitrogen and oxygen atoms in total. The average Bonchev–Trinajstić information content (AvgIpc) is 2.63. The molecule has 0 fully saturated rings. The van der Waals surface area contributed by atoms with Gasteiger partial charge >= 0.3 is 0 Å². The van der Waals surface area contributed by atoms with E-state index in [1.807, 2.05) is 42.5 Å². The maximum absolute atomic E-state index is 14.5. The van der Waals surface area contributed by atoms with Gasteiger partial charge in [0.2, 0.25) is 0 Å².